The van der Waals surface area contributed by atoms with Gasteiger partial charge in [-0.05, 0) is 6.92 Å². The first-order valence-corrected chi connectivity index (χ1v) is 5.32. The van der Waals surface area contributed by atoms with Crippen LogP contribution in [0.25, 0.3) is 6.08 Å². The second kappa shape index (κ2) is 4.99. The molecule has 6 nitrogen and oxygen atoms in total. The van der Waals surface area contributed by atoms with Crippen LogP contribution in [0.3, 0.4) is 0 Å². The van der Waals surface area contributed by atoms with Crippen molar-refractivity contribution in [2.24, 2.45) is 13.0 Å². The molecule has 0 radical (unpaired) electrons. The van der Waals surface area contributed by atoms with E-state index in [-0.39, 0.29) is 16.5 Å². The number of allylic oxidation sites excluding steroid dienone is 1. The van der Waals surface area contributed by atoms with E-state index in [4.69, 9.17) is 4.74 Å². The Morgan fingerprint density at radius 2 is 2.18 bits per heavy atom. The molecular formula is C11H17N3O3. The fraction of sp³-hybridized carbons (Fsp3) is 0.545. The van der Waals surface area contributed by atoms with Crippen LogP contribution in [0.2, 0.25) is 0 Å². The summed E-state index contributed by atoms with van der Waals surface area (Å²) in [6, 6.07) is 0. The SMILES string of the molecule is COc1c(/C=C(/C(C)C)[N+](=O)[O-])c(C)nn1C. The predicted octanol–water partition coefficient (Wildman–Crippen LogP) is 2.01. The second-order valence-corrected chi connectivity index (χ2v) is 4.11. The zero-order valence-corrected chi connectivity index (χ0v) is 10.7. The Morgan fingerprint density at radius 3 is 2.59 bits per heavy atom. The van der Waals surface area contributed by atoms with Gasteiger partial charge in [-0.2, -0.15) is 5.10 Å². The highest BCUT2D eigenvalue weighted by molar-refractivity contribution is 5.59. The standard InChI is InChI=1S/C11H17N3O3/c1-7(2)10(14(15)16)6-9-8(3)12-13(4)11(9)17-5/h6-7H,1-5H3/b10-6-. The van der Waals surface area contributed by atoms with Gasteiger partial charge in [0.05, 0.1) is 23.3 Å². The molecule has 0 N–H and O–H groups in total. The van der Waals surface area contributed by atoms with Crippen LogP contribution < -0.4 is 4.74 Å². The fourth-order valence-corrected chi connectivity index (χ4v) is 1.64. The molecule has 1 aromatic rings. The molecule has 94 valence electrons. The summed E-state index contributed by atoms with van der Waals surface area (Å²) in [7, 11) is 3.26. The summed E-state index contributed by atoms with van der Waals surface area (Å²) >= 11 is 0. The van der Waals surface area contributed by atoms with Crippen LogP contribution in [-0.4, -0.2) is 21.8 Å². The minimum absolute atomic E-state index is 0.152. The van der Waals surface area contributed by atoms with Crippen molar-refractivity contribution in [3.8, 4) is 5.88 Å². The van der Waals surface area contributed by atoms with Crippen molar-refractivity contribution < 1.29 is 9.66 Å². The normalized spacial score (nSPS) is 12.0. The summed E-state index contributed by atoms with van der Waals surface area (Å²) in [5, 5.41) is 15.1. The lowest BCUT2D eigenvalue weighted by molar-refractivity contribution is -0.431. The third-order valence-electron chi connectivity index (χ3n) is 2.50. The monoisotopic (exact) mass is 239 g/mol. The van der Waals surface area contributed by atoms with Crippen LogP contribution in [0.15, 0.2) is 5.70 Å². The lowest BCUT2D eigenvalue weighted by Gasteiger charge is -2.03. The van der Waals surface area contributed by atoms with Crippen molar-refractivity contribution in [3.05, 3.63) is 27.1 Å². The Labute approximate surface area is 100 Å². The van der Waals surface area contributed by atoms with Gasteiger partial charge in [-0.3, -0.25) is 10.1 Å². The average molecular weight is 239 g/mol. The smallest absolute Gasteiger partial charge is 0.249 e. The fourth-order valence-electron chi connectivity index (χ4n) is 1.64. The number of aromatic nitrogens is 2. The highest BCUT2D eigenvalue weighted by Gasteiger charge is 2.20. The van der Waals surface area contributed by atoms with Crippen molar-refractivity contribution >= 4 is 6.08 Å². The molecular weight excluding hydrogens is 222 g/mol. The Kier molecular flexibility index (Phi) is 3.88. The van der Waals surface area contributed by atoms with E-state index in [2.05, 4.69) is 5.10 Å². The van der Waals surface area contributed by atoms with Crippen LogP contribution in [0.4, 0.5) is 0 Å². The molecule has 0 fully saturated rings. The number of hydrogen-bond acceptors (Lipinski definition) is 4. The van der Waals surface area contributed by atoms with Gasteiger partial charge in [0.2, 0.25) is 11.6 Å². The minimum Gasteiger partial charge on any atom is -0.481 e. The molecule has 0 aliphatic carbocycles. The zero-order valence-electron chi connectivity index (χ0n) is 10.7. The van der Waals surface area contributed by atoms with Gasteiger partial charge in [-0.1, -0.05) is 13.8 Å². The first kappa shape index (κ1) is 13.2. The molecule has 0 spiro atoms. The minimum atomic E-state index is -0.365. The van der Waals surface area contributed by atoms with E-state index in [0.29, 0.717) is 17.1 Å². The summed E-state index contributed by atoms with van der Waals surface area (Å²) in [6.45, 7) is 5.37. The summed E-state index contributed by atoms with van der Waals surface area (Å²) in [6.07, 6.45) is 1.53. The number of hydrogen-bond donors (Lipinski definition) is 0. The molecule has 17 heavy (non-hydrogen) atoms. The number of methoxy groups -OCH3 is 1. The van der Waals surface area contributed by atoms with Gasteiger partial charge in [-0.25, -0.2) is 4.68 Å². The van der Waals surface area contributed by atoms with Gasteiger partial charge in [0.25, 0.3) is 0 Å². The third kappa shape index (κ3) is 2.64. The Hall–Kier alpha value is -1.85. The molecule has 0 saturated carbocycles. The van der Waals surface area contributed by atoms with E-state index in [9.17, 15) is 10.1 Å². The van der Waals surface area contributed by atoms with Gasteiger partial charge in [-0.15, -0.1) is 0 Å². The van der Waals surface area contributed by atoms with Crippen LogP contribution >= 0.6 is 0 Å². The molecule has 0 amide bonds. The largest absolute Gasteiger partial charge is 0.481 e. The highest BCUT2D eigenvalue weighted by atomic mass is 16.6. The molecule has 1 rings (SSSR count). The summed E-state index contributed by atoms with van der Waals surface area (Å²) in [5.41, 5.74) is 1.53. The van der Waals surface area contributed by atoms with Gasteiger partial charge >= 0.3 is 0 Å². The van der Waals surface area contributed by atoms with Crippen molar-refractivity contribution in [3.63, 3.8) is 0 Å². The average Bonchev–Trinajstić information content (AvgIpc) is 2.48. The maximum Gasteiger partial charge on any atom is 0.249 e. The zero-order chi connectivity index (χ0) is 13.2. The number of rotatable bonds is 4. The lowest BCUT2D eigenvalue weighted by atomic mass is 10.1. The van der Waals surface area contributed by atoms with Crippen LogP contribution in [-0.2, 0) is 7.05 Å². The van der Waals surface area contributed by atoms with Crippen molar-refractivity contribution in [1.82, 2.24) is 9.78 Å². The molecule has 6 heteroatoms. The van der Waals surface area contributed by atoms with Crippen molar-refractivity contribution in [2.45, 2.75) is 20.8 Å². The Morgan fingerprint density at radius 1 is 1.59 bits per heavy atom. The van der Waals surface area contributed by atoms with E-state index in [1.54, 1.807) is 32.5 Å². The maximum atomic E-state index is 10.9. The van der Waals surface area contributed by atoms with Gasteiger partial charge < -0.3 is 4.74 Å². The third-order valence-corrected chi connectivity index (χ3v) is 2.50. The molecule has 0 aliphatic rings. The summed E-state index contributed by atoms with van der Waals surface area (Å²) in [4.78, 5) is 10.6. The summed E-state index contributed by atoms with van der Waals surface area (Å²) < 4.78 is 6.76. The van der Waals surface area contributed by atoms with Crippen molar-refractivity contribution in [1.29, 1.82) is 0 Å². The van der Waals surface area contributed by atoms with E-state index < -0.39 is 0 Å². The molecule has 0 aromatic carbocycles. The topological polar surface area (TPSA) is 70.2 Å². The van der Waals surface area contributed by atoms with E-state index >= 15 is 0 Å². The Balaban J connectivity index is 3.33. The van der Waals surface area contributed by atoms with Crippen LogP contribution in [0.5, 0.6) is 5.88 Å². The van der Waals surface area contributed by atoms with Gasteiger partial charge in [0, 0.05) is 19.0 Å². The molecule has 1 heterocycles. The molecule has 0 unspecified atom stereocenters. The van der Waals surface area contributed by atoms with E-state index in [1.165, 1.54) is 13.2 Å². The number of ether oxygens (including phenoxy) is 1. The van der Waals surface area contributed by atoms with Crippen LogP contribution in [0.1, 0.15) is 25.1 Å². The van der Waals surface area contributed by atoms with Crippen molar-refractivity contribution in [2.75, 3.05) is 7.11 Å². The molecule has 1 aromatic heterocycles. The first-order valence-electron chi connectivity index (χ1n) is 5.32. The maximum absolute atomic E-state index is 10.9. The molecule has 0 bridgehead atoms. The van der Waals surface area contributed by atoms with E-state index in [1.807, 2.05) is 0 Å². The number of nitro groups is 1. The number of aryl methyl sites for hydroxylation is 2. The second-order valence-electron chi connectivity index (χ2n) is 4.11. The predicted molar refractivity (Wildman–Crippen MR) is 64.3 cm³/mol. The molecule has 0 saturated heterocycles. The lowest BCUT2D eigenvalue weighted by Crippen LogP contribution is -2.05. The molecule has 0 aliphatic heterocycles. The van der Waals surface area contributed by atoms with Gasteiger partial charge in [0.1, 0.15) is 0 Å². The van der Waals surface area contributed by atoms with E-state index in [0.717, 1.165) is 0 Å². The van der Waals surface area contributed by atoms with Crippen LogP contribution in [0, 0.1) is 23.0 Å². The number of nitrogens with zero attached hydrogens (tertiary/aromatic N) is 3. The Bertz CT molecular complexity index is 461. The highest BCUT2D eigenvalue weighted by Crippen LogP contribution is 2.25. The first-order chi connectivity index (χ1) is 7.88. The van der Waals surface area contributed by atoms with Gasteiger partial charge in [0.15, 0.2) is 0 Å². The summed E-state index contributed by atoms with van der Waals surface area (Å²) in [5.74, 6) is 0.372. The quantitative estimate of drug-likeness (QED) is 0.595. The molecule has 0 atom stereocenters.